The van der Waals surface area contributed by atoms with Crippen molar-refractivity contribution in [3.05, 3.63) is 135 Å². The molecule has 0 saturated heterocycles. The van der Waals surface area contributed by atoms with Gasteiger partial charge >= 0.3 is 25.8 Å². The summed E-state index contributed by atoms with van der Waals surface area (Å²) in [5.41, 5.74) is 8.78. The standard InChI is InChI=1S/C39H38Si.2CH3.Hf/c1-27-11-7-13-29(21-27)36-19-9-15-31-23-34(25-38(31)36)40(3,33-17-5-4-6-18-33)35-24-32-16-10-20-37(39(32)26-35)30-14-8-12-28(2)22-30;;;/h7-16,19-26,33H,4-6,17-18H2,1-3H3;2*1H3;/q-2;2*-1;+4. The predicted octanol–water partition coefficient (Wildman–Crippen LogP) is 10.8. The fraction of sp³-hybridized carbons (Fsp3) is 0.220. The minimum absolute atomic E-state index is 0. The Morgan fingerprint density at radius 2 is 1.02 bits per heavy atom. The summed E-state index contributed by atoms with van der Waals surface area (Å²) in [5, 5.41) is 8.83. The number of benzene rings is 4. The molecule has 1 saturated carbocycles. The molecule has 0 unspecified atom stereocenters. The first kappa shape index (κ1) is 33.1. The van der Waals surface area contributed by atoms with E-state index in [0.29, 0.717) is 0 Å². The van der Waals surface area contributed by atoms with E-state index in [9.17, 15) is 0 Å². The molecule has 1 aliphatic carbocycles. The van der Waals surface area contributed by atoms with Crippen LogP contribution in [0.2, 0.25) is 12.1 Å². The average molecular weight is 743 g/mol. The van der Waals surface area contributed by atoms with Gasteiger partial charge in [0.15, 0.2) is 0 Å². The van der Waals surface area contributed by atoms with Crippen LogP contribution in [0.5, 0.6) is 0 Å². The van der Waals surface area contributed by atoms with Crippen LogP contribution in [0.25, 0.3) is 43.8 Å². The van der Waals surface area contributed by atoms with Gasteiger partial charge in [0.2, 0.25) is 0 Å². The van der Waals surface area contributed by atoms with Gasteiger partial charge in [0.25, 0.3) is 0 Å². The van der Waals surface area contributed by atoms with Gasteiger partial charge in [-0.1, -0.05) is 122 Å². The molecule has 1 aliphatic rings. The first-order valence-electron chi connectivity index (χ1n) is 15.0. The van der Waals surface area contributed by atoms with Crippen LogP contribution >= 0.6 is 0 Å². The molecule has 43 heavy (non-hydrogen) atoms. The van der Waals surface area contributed by atoms with Crippen molar-refractivity contribution in [3.63, 3.8) is 0 Å². The van der Waals surface area contributed by atoms with E-state index in [1.807, 2.05) is 0 Å². The Labute approximate surface area is 279 Å². The molecule has 0 amide bonds. The molecule has 0 aromatic heterocycles. The maximum atomic E-state index is 2.68. The molecule has 6 aromatic rings. The van der Waals surface area contributed by atoms with Crippen LogP contribution in [-0.2, 0) is 25.8 Å². The number of hydrogen-bond donors (Lipinski definition) is 0. The second-order valence-electron chi connectivity index (χ2n) is 12.4. The molecule has 2 heteroatoms. The Hall–Kier alpha value is -2.81. The zero-order valence-corrected chi connectivity index (χ0v) is 31.1. The van der Waals surface area contributed by atoms with Crippen LogP contribution in [0.15, 0.2) is 109 Å². The Kier molecular flexibility index (Phi) is 10.3. The SMILES string of the molecule is Cc1cccc(-c2cccc3[cH-]c([Si](C)(c4cc5c(-c6cccc(C)c6)cccc5[cH-]4)C4CCCCC4)cc23)c1.[CH3-].[CH3-].[Hf+4]. The molecule has 0 aliphatic heterocycles. The second kappa shape index (κ2) is 13.4. The predicted molar refractivity (Wildman–Crippen MR) is 190 cm³/mol. The van der Waals surface area contributed by atoms with E-state index in [1.165, 1.54) is 87.0 Å². The monoisotopic (exact) mass is 744 g/mol. The third-order valence-corrected chi connectivity index (χ3v) is 15.0. The molecule has 0 heterocycles. The van der Waals surface area contributed by atoms with Gasteiger partial charge < -0.3 is 14.9 Å². The van der Waals surface area contributed by atoms with Crippen LogP contribution in [0, 0.1) is 28.7 Å². The molecule has 7 rings (SSSR count). The van der Waals surface area contributed by atoms with Crippen molar-refractivity contribution in [2.75, 3.05) is 0 Å². The third-order valence-electron chi connectivity index (χ3n) is 9.78. The Balaban J connectivity index is 0.00000141. The molecule has 0 spiro atoms. The number of aryl methyl sites for hydroxylation is 2. The van der Waals surface area contributed by atoms with Gasteiger partial charge in [0.1, 0.15) is 0 Å². The number of hydrogen-bond acceptors (Lipinski definition) is 0. The van der Waals surface area contributed by atoms with Gasteiger partial charge in [0.05, 0.1) is 8.07 Å². The van der Waals surface area contributed by atoms with Gasteiger partial charge in [-0.15, -0.1) is 68.3 Å². The van der Waals surface area contributed by atoms with Crippen molar-refractivity contribution in [3.8, 4) is 22.3 Å². The first-order valence-corrected chi connectivity index (χ1v) is 17.6. The Morgan fingerprint density at radius 3 is 1.47 bits per heavy atom. The van der Waals surface area contributed by atoms with Crippen molar-refractivity contribution in [2.45, 2.75) is 58.0 Å². The minimum Gasteiger partial charge on any atom is -0.358 e. The summed E-state index contributed by atoms with van der Waals surface area (Å²) in [7, 11) is -2.04. The van der Waals surface area contributed by atoms with Crippen LogP contribution in [0.4, 0.5) is 0 Å². The molecular weight excluding hydrogens is 699 g/mol. The Morgan fingerprint density at radius 1 is 0.581 bits per heavy atom. The summed E-state index contributed by atoms with van der Waals surface area (Å²) in [5.74, 6) is 0. The second-order valence-corrected chi connectivity index (χ2v) is 16.8. The van der Waals surface area contributed by atoms with Gasteiger partial charge in [-0.25, -0.2) is 0 Å². The molecule has 0 nitrogen and oxygen atoms in total. The van der Waals surface area contributed by atoms with E-state index in [4.69, 9.17) is 0 Å². The summed E-state index contributed by atoms with van der Waals surface area (Å²) in [6, 6.07) is 42.0. The van der Waals surface area contributed by atoms with Crippen molar-refractivity contribution >= 4 is 40.0 Å². The Bertz CT molecular complexity index is 1700. The molecule has 0 bridgehead atoms. The van der Waals surface area contributed by atoms with Crippen LogP contribution in [-0.4, -0.2) is 8.07 Å². The molecule has 0 N–H and O–H groups in total. The first-order chi connectivity index (χ1) is 19.5. The fourth-order valence-electron chi connectivity index (χ4n) is 7.52. The van der Waals surface area contributed by atoms with Crippen molar-refractivity contribution in [1.29, 1.82) is 0 Å². The molecule has 216 valence electrons. The van der Waals surface area contributed by atoms with Crippen LogP contribution in [0.1, 0.15) is 43.2 Å². The fourth-order valence-corrected chi connectivity index (χ4v) is 12.2. The molecule has 6 aromatic carbocycles. The van der Waals surface area contributed by atoms with E-state index in [2.05, 4.69) is 130 Å². The van der Waals surface area contributed by atoms with Crippen molar-refractivity contribution in [2.24, 2.45) is 0 Å². The van der Waals surface area contributed by atoms with E-state index in [-0.39, 0.29) is 40.7 Å². The maximum Gasteiger partial charge on any atom is 4.00 e. The van der Waals surface area contributed by atoms with Gasteiger partial charge in [0, 0.05) is 0 Å². The summed E-state index contributed by atoms with van der Waals surface area (Å²) in [4.78, 5) is 0. The molecular formula is C41H44HfSi. The van der Waals surface area contributed by atoms with E-state index in [0.717, 1.165) is 5.54 Å². The smallest absolute Gasteiger partial charge is 0.358 e. The quantitative estimate of drug-likeness (QED) is 0.122. The molecule has 0 radical (unpaired) electrons. The van der Waals surface area contributed by atoms with Gasteiger partial charge in [-0.05, 0) is 30.5 Å². The normalized spacial score (nSPS) is 13.7. The molecule has 0 atom stereocenters. The topological polar surface area (TPSA) is 0 Å². The number of rotatable bonds is 5. The van der Waals surface area contributed by atoms with Crippen LogP contribution < -0.4 is 10.4 Å². The van der Waals surface area contributed by atoms with Crippen LogP contribution in [0.3, 0.4) is 0 Å². The summed E-state index contributed by atoms with van der Waals surface area (Å²) < 4.78 is 0. The zero-order chi connectivity index (χ0) is 27.3. The third kappa shape index (κ3) is 5.98. The van der Waals surface area contributed by atoms with E-state index < -0.39 is 8.07 Å². The van der Waals surface area contributed by atoms with E-state index in [1.54, 1.807) is 10.4 Å². The minimum atomic E-state index is -2.04. The average Bonchev–Trinajstić information content (AvgIpc) is 3.62. The van der Waals surface area contributed by atoms with Gasteiger partial charge in [-0.3, -0.25) is 0 Å². The molecule has 1 fully saturated rings. The summed E-state index contributed by atoms with van der Waals surface area (Å²) >= 11 is 0. The maximum absolute atomic E-state index is 2.68. The number of fused-ring (bicyclic) bond motifs is 2. The summed E-state index contributed by atoms with van der Waals surface area (Å²) in [6.07, 6.45) is 6.86. The van der Waals surface area contributed by atoms with Crippen molar-refractivity contribution < 1.29 is 25.8 Å². The van der Waals surface area contributed by atoms with Crippen molar-refractivity contribution in [1.82, 2.24) is 0 Å². The largest absolute Gasteiger partial charge is 4.00 e. The van der Waals surface area contributed by atoms with Gasteiger partial charge in [-0.2, -0.15) is 12.1 Å². The zero-order valence-electron chi connectivity index (χ0n) is 26.5. The van der Waals surface area contributed by atoms with E-state index >= 15 is 0 Å². The summed E-state index contributed by atoms with van der Waals surface area (Å²) in [6.45, 7) is 7.07.